The number of hydrogen-bond donors (Lipinski definition) is 1. The van der Waals surface area contributed by atoms with Crippen LogP contribution < -0.4 is 0 Å². The van der Waals surface area contributed by atoms with Crippen LogP contribution in [0.3, 0.4) is 0 Å². The molecule has 0 saturated carbocycles. The number of amides is 1. The molecule has 1 atom stereocenters. The first-order valence-electron chi connectivity index (χ1n) is 9.41. The minimum atomic E-state index is -0.228. The molecule has 142 valence electrons. The molecule has 7 heteroatoms. The van der Waals surface area contributed by atoms with Crippen molar-refractivity contribution in [2.75, 3.05) is 13.1 Å². The Labute approximate surface area is 162 Å². The Hall–Kier alpha value is -2.28. The summed E-state index contributed by atoms with van der Waals surface area (Å²) in [6.45, 7) is 7.78. The predicted octanol–water partition coefficient (Wildman–Crippen LogP) is 4.33. The second-order valence-electron chi connectivity index (χ2n) is 7.15. The third kappa shape index (κ3) is 3.60. The maximum absolute atomic E-state index is 12.6. The summed E-state index contributed by atoms with van der Waals surface area (Å²) < 4.78 is 5.83. The molecule has 0 radical (unpaired) electrons. The number of carbonyl (C=O) groups is 1. The van der Waals surface area contributed by atoms with Gasteiger partial charge in [0, 0.05) is 35.2 Å². The topological polar surface area (TPSA) is 75.0 Å². The number of nitrogens with one attached hydrogen (secondary N) is 1. The molecule has 1 aliphatic rings. The highest BCUT2D eigenvalue weighted by atomic mass is 32.2. The molecule has 1 fully saturated rings. The first-order valence-corrected chi connectivity index (χ1v) is 10.3. The van der Waals surface area contributed by atoms with Crippen molar-refractivity contribution in [2.24, 2.45) is 0 Å². The fourth-order valence-electron chi connectivity index (χ4n) is 3.54. The molecule has 1 amide bonds. The van der Waals surface area contributed by atoms with E-state index < -0.39 is 0 Å². The molecule has 0 bridgehead atoms. The molecule has 2 aromatic heterocycles. The zero-order chi connectivity index (χ0) is 19.0. The maximum atomic E-state index is 12.6. The largest absolute Gasteiger partial charge is 0.411 e. The number of aromatic nitrogens is 3. The highest BCUT2D eigenvalue weighted by Crippen LogP contribution is 2.30. The lowest BCUT2D eigenvalue weighted by molar-refractivity contribution is -0.131. The standard InChI is InChI=1S/C20H24N4O2S/c1-12-13(2)21-17-8-7-15(11-16(12)17)18-22-23-20(26-18)27-14(3)19(25)24-9-5-4-6-10-24/h7-8,11,14,21H,4-6,9-10H2,1-3H3. The van der Waals surface area contributed by atoms with Gasteiger partial charge in [0.05, 0.1) is 5.25 Å². The fourth-order valence-corrected chi connectivity index (χ4v) is 4.31. The van der Waals surface area contributed by atoms with E-state index in [9.17, 15) is 4.79 Å². The minimum Gasteiger partial charge on any atom is -0.411 e. The number of fused-ring (bicyclic) bond motifs is 1. The van der Waals surface area contributed by atoms with Crippen LogP contribution in [0.15, 0.2) is 27.8 Å². The number of carbonyl (C=O) groups excluding carboxylic acids is 1. The predicted molar refractivity (Wildman–Crippen MR) is 107 cm³/mol. The van der Waals surface area contributed by atoms with Crippen LogP contribution in [0.1, 0.15) is 37.4 Å². The van der Waals surface area contributed by atoms with Crippen LogP contribution in [0.4, 0.5) is 0 Å². The number of hydrogen-bond acceptors (Lipinski definition) is 5. The number of piperidine rings is 1. The Morgan fingerprint density at radius 3 is 2.78 bits per heavy atom. The van der Waals surface area contributed by atoms with Crippen molar-refractivity contribution in [3.8, 4) is 11.5 Å². The Balaban J connectivity index is 1.49. The van der Waals surface area contributed by atoms with E-state index in [1.54, 1.807) is 0 Å². The van der Waals surface area contributed by atoms with Crippen LogP contribution in [0.2, 0.25) is 0 Å². The lowest BCUT2D eigenvalue weighted by Gasteiger charge is -2.28. The number of H-pyrrole nitrogens is 1. The summed E-state index contributed by atoms with van der Waals surface area (Å²) in [5.41, 5.74) is 4.37. The van der Waals surface area contributed by atoms with Crippen molar-refractivity contribution < 1.29 is 9.21 Å². The quantitative estimate of drug-likeness (QED) is 0.678. The number of rotatable bonds is 4. The third-order valence-electron chi connectivity index (χ3n) is 5.25. The summed E-state index contributed by atoms with van der Waals surface area (Å²) in [4.78, 5) is 17.9. The van der Waals surface area contributed by atoms with E-state index in [2.05, 4.69) is 35.1 Å². The van der Waals surface area contributed by atoms with Gasteiger partial charge < -0.3 is 14.3 Å². The molecule has 6 nitrogen and oxygen atoms in total. The van der Waals surface area contributed by atoms with Gasteiger partial charge in [-0.2, -0.15) is 0 Å². The zero-order valence-electron chi connectivity index (χ0n) is 15.9. The van der Waals surface area contributed by atoms with Gasteiger partial charge in [-0.05, 0) is 63.8 Å². The molecule has 1 unspecified atom stereocenters. The van der Waals surface area contributed by atoms with E-state index >= 15 is 0 Å². The van der Waals surface area contributed by atoms with Gasteiger partial charge in [-0.15, -0.1) is 10.2 Å². The van der Waals surface area contributed by atoms with Crippen LogP contribution in [0, 0.1) is 13.8 Å². The first kappa shape index (κ1) is 18.1. The molecular weight excluding hydrogens is 360 g/mol. The Bertz CT molecular complexity index is 972. The van der Waals surface area contributed by atoms with Gasteiger partial charge in [0.15, 0.2) is 0 Å². The number of aryl methyl sites for hydroxylation is 2. The molecule has 4 rings (SSSR count). The normalized spacial score (nSPS) is 16.0. The fraction of sp³-hybridized carbons (Fsp3) is 0.450. The average Bonchev–Trinajstić information content (AvgIpc) is 3.26. The number of aromatic amines is 1. The van der Waals surface area contributed by atoms with Crippen molar-refractivity contribution in [2.45, 2.75) is 50.5 Å². The summed E-state index contributed by atoms with van der Waals surface area (Å²) in [5.74, 6) is 0.634. The van der Waals surface area contributed by atoms with Gasteiger partial charge in [-0.25, -0.2) is 0 Å². The molecule has 1 aromatic carbocycles. The Morgan fingerprint density at radius 2 is 2.00 bits per heavy atom. The summed E-state index contributed by atoms with van der Waals surface area (Å²) in [5, 5.41) is 9.68. The van der Waals surface area contributed by atoms with E-state index in [-0.39, 0.29) is 11.2 Å². The van der Waals surface area contributed by atoms with Crippen LogP contribution in [-0.4, -0.2) is 44.3 Å². The average molecular weight is 385 g/mol. The molecule has 0 aliphatic carbocycles. The Kier molecular flexibility index (Phi) is 4.95. The highest BCUT2D eigenvalue weighted by Gasteiger charge is 2.25. The van der Waals surface area contributed by atoms with Crippen LogP contribution in [-0.2, 0) is 4.79 Å². The number of nitrogens with zero attached hydrogens (tertiary/aromatic N) is 3. The van der Waals surface area contributed by atoms with E-state index in [4.69, 9.17) is 4.42 Å². The molecule has 1 saturated heterocycles. The summed E-state index contributed by atoms with van der Waals surface area (Å²) in [6, 6.07) is 6.07. The van der Waals surface area contributed by atoms with Gasteiger partial charge >= 0.3 is 0 Å². The van der Waals surface area contributed by atoms with Crippen LogP contribution >= 0.6 is 11.8 Å². The molecule has 1 aliphatic heterocycles. The van der Waals surface area contributed by atoms with Crippen molar-refractivity contribution in [1.29, 1.82) is 0 Å². The summed E-state index contributed by atoms with van der Waals surface area (Å²) >= 11 is 1.33. The smallest absolute Gasteiger partial charge is 0.277 e. The van der Waals surface area contributed by atoms with Crippen LogP contribution in [0.5, 0.6) is 0 Å². The van der Waals surface area contributed by atoms with E-state index in [0.717, 1.165) is 48.1 Å². The summed E-state index contributed by atoms with van der Waals surface area (Å²) in [6.07, 6.45) is 3.39. The van der Waals surface area contributed by atoms with Gasteiger partial charge in [0.25, 0.3) is 5.22 Å². The molecule has 0 spiro atoms. The minimum absolute atomic E-state index is 0.152. The zero-order valence-corrected chi connectivity index (χ0v) is 16.7. The van der Waals surface area contributed by atoms with Crippen molar-refractivity contribution in [3.63, 3.8) is 0 Å². The highest BCUT2D eigenvalue weighted by molar-refractivity contribution is 8.00. The van der Waals surface area contributed by atoms with Gasteiger partial charge in [-0.1, -0.05) is 11.8 Å². The van der Waals surface area contributed by atoms with E-state index in [1.165, 1.54) is 23.7 Å². The molecule has 3 heterocycles. The summed E-state index contributed by atoms with van der Waals surface area (Å²) in [7, 11) is 0. The number of benzene rings is 1. The second-order valence-corrected chi connectivity index (χ2v) is 8.45. The molecular formula is C20H24N4O2S. The van der Waals surface area contributed by atoms with Gasteiger partial charge in [-0.3, -0.25) is 4.79 Å². The number of likely N-dealkylation sites (tertiary alicyclic amines) is 1. The van der Waals surface area contributed by atoms with Gasteiger partial charge in [0.2, 0.25) is 11.8 Å². The third-order valence-corrected chi connectivity index (χ3v) is 6.18. The number of thioether (sulfide) groups is 1. The van der Waals surface area contributed by atoms with Crippen molar-refractivity contribution >= 4 is 28.6 Å². The monoisotopic (exact) mass is 384 g/mol. The second kappa shape index (κ2) is 7.38. The lowest BCUT2D eigenvalue weighted by Crippen LogP contribution is -2.40. The maximum Gasteiger partial charge on any atom is 0.277 e. The molecule has 27 heavy (non-hydrogen) atoms. The van der Waals surface area contributed by atoms with E-state index in [1.807, 2.05) is 24.0 Å². The molecule has 1 N–H and O–H groups in total. The van der Waals surface area contributed by atoms with Crippen molar-refractivity contribution in [3.05, 3.63) is 29.5 Å². The SMILES string of the molecule is Cc1[nH]c2ccc(-c3nnc(SC(C)C(=O)N4CCCCC4)o3)cc2c1C. The lowest BCUT2D eigenvalue weighted by atomic mass is 10.1. The van der Waals surface area contributed by atoms with E-state index in [0.29, 0.717) is 11.1 Å². The molecule has 3 aromatic rings. The van der Waals surface area contributed by atoms with Crippen LogP contribution in [0.25, 0.3) is 22.4 Å². The van der Waals surface area contributed by atoms with Gasteiger partial charge in [0.1, 0.15) is 0 Å². The Morgan fingerprint density at radius 1 is 1.22 bits per heavy atom. The first-order chi connectivity index (χ1) is 13.0. The van der Waals surface area contributed by atoms with Crippen molar-refractivity contribution in [1.82, 2.24) is 20.1 Å².